The standard InChI is InChI=1S/C13H23N3O/c1-9-4-5-15-7-12(9)13(6-14)16-11(3)10(2)8-17/h4-5,7,10-11,13,16-17H,6,8,14H2,1-3H3. The fourth-order valence-corrected chi connectivity index (χ4v) is 1.77. The molecule has 4 heteroatoms. The Labute approximate surface area is 103 Å². The van der Waals surface area contributed by atoms with Crippen LogP contribution in [0.1, 0.15) is 31.0 Å². The zero-order valence-electron chi connectivity index (χ0n) is 10.9. The molecule has 4 nitrogen and oxygen atoms in total. The van der Waals surface area contributed by atoms with E-state index < -0.39 is 0 Å². The Kier molecular flexibility index (Phi) is 5.55. The zero-order valence-corrected chi connectivity index (χ0v) is 10.9. The van der Waals surface area contributed by atoms with Crippen molar-refractivity contribution in [3.63, 3.8) is 0 Å². The number of aromatic nitrogens is 1. The van der Waals surface area contributed by atoms with Gasteiger partial charge in [0.1, 0.15) is 0 Å². The molecular weight excluding hydrogens is 214 g/mol. The summed E-state index contributed by atoms with van der Waals surface area (Å²) in [5.74, 6) is 0.209. The Balaban J connectivity index is 2.76. The summed E-state index contributed by atoms with van der Waals surface area (Å²) in [7, 11) is 0. The third-order valence-electron chi connectivity index (χ3n) is 3.30. The van der Waals surface area contributed by atoms with Gasteiger partial charge in [-0.3, -0.25) is 4.98 Å². The number of rotatable bonds is 6. The van der Waals surface area contributed by atoms with Crippen molar-refractivity contribution in [3.05, 3.63) is 29.6 Å². The van der Waals surface area contributed by atoms with Crippen molar-refractivity contribution in [1.29, 1.82) is 0 Å². The van der Waals surface area contributed by atoms with E-state index in [1.807, 2.05) is 19.2 Å². The maximum absolute atomic E-state index is 9.13. The van der Waals surface area contributed by atoms with E-state index in [1.165, 1.54) is 5.56 Å². The van der Waals surface area contributed by atoms with E-state index in [4.69, 9.17) is 10.8 Å². The lowest BCUT2D eigenvalue weighted by molar-refractivity contribution is 0.201. The van der Waals surface area contributed by atoms with Gasteiger partial charge in [0.25, 0.3) is 0 Å². The van der Waals surface area contributed by atoms with Crippen LogP contribution in [-0.4, -0.2) is 29.3 Å². The summed E-state index contributed by atoms with van der Waals surface area (Å²) in [5.41, 5.74) is 8.13. The van der Waals surface area contributed by atoms with Gasteiger partial charge in [-0.15, -0.1) is 0 Å². The van der Waals surface area contributed by atoms with Crippen molar-refractivity contribution in [2.75, 3.05) is 13.2 Å². The van der Waals surface area contributed by atoms with Gasteiger partial charge in [0.2, 0.25) is 0 Å². The van der Waals surface area contributed by atoms with Crippen LogP contribution >= 0.6 is 0 Å². The van der Waals surface area contributed by atoms with E-state index in [1.54, 1.807) is 6.20 Å². The predicted octanol–water partition coefficient (Wildman–Crippen LogP) is 0.996. The fourth-order valence-electron chi connectivity index (χ4n) is 1.77. The molecule has 3 unspecified atom stereocenters. The molecule has 0 saturated carbocycles. The summed E-state index contributed by atoms with van der Waals surface area (Å²) in [5, 5.41) is 12.6. The third-order valence-corrected chi connectivity index (χ3v) is 3.30. The molecule has 0 radical (unpaired) electrons. The lowest BCUT2D eigenvalue weighted by Gasteiger charge is -2.26. The molecule has 3 atom stereocenters. The topological polar surface area (TPSA) is 71.2 Å². The largest absolute Gasteiger partial charge is 0.396 e. The minimum absolute atomic E-state index is 0.0905. The maximum Gasteiger partial charge on any atom is 0.0471 e. The number of hydrogen-bond acceptors (Lipinski definition) is 4. The minimum Gasteiger partial charge on any atom is -0.396 e. The Morgan fingerprint density at radius 2 is 2.18 bits per heavy atom. The van der Waals surface area contributed by atoms with Crippen molar-refractivity contribution < 1.29 is 5.11 Å². The molecule has 1 rings (SSSR count). The van der Waals surface area contributed by atoms with Crippen LogP contribution in [0.5, 0.6) is 0 Å². The molecule has 0 saturated heterocycles. The summed E-state index contributed by atoms with van der Waals surface area (Å²) in [6, 6.07) is 2.29. The second-order valence-corrected chi connectivity index (χ2v) is 4.64. The number of nitrogens with one attached hydrogen (secondary N) is 1. The van der Waals surface area contributed by atoms with Gasteiger partial charge < -0.3 is 16.2 Å². The molecule has 0 aliphatic heterocycles. The van der Waals surface area contributed by atoms with Gasteiger partial charge in [0.15, 0.2) is 0 Å². The average Bonchev–Trinajstić information content (AvgIpc) is 2.35. The second-order valence-electron chi connectivity index (χ2n) is 4.64. The predicted molar refractivity (Wildman–Crippen MR) is 69.6 cm³/mol. The fraction of sp³-hybridized carbons (Fsp3) is 0.615. The Morgan fingerprint density at radius 3 is 2.71 bits per heavy atom. The lowest BCUT2D eigenvalue weighted by atomic mass is 9.99. The van der Waals surface area contributed by atoms with E-state index in [0.29, 0.717) is 6.54 Å². The van der Waals surface area contributed by atoms with Gasteiger partial charge in [0.05, 0.1) is 0 Å². The average molecular weight is 237 g/mol. The van der Waals surface area contributed by atoms with E-state index in [-0.39, 0.29) is 24.6 Å². The number of aliphatic hydroxyl groups excluding tert-OH is 1. The molecular formula is C13H23N3O. The first kappa shape index (κ1) is 14.1. The highest BCUT2D eigenvalue weighted by Crippen LogP contribution is 2.17. The van der Waals surface area contributed by atoms with Gasteiger partial charge in [-0.25, -0.2) is 0 Å². The molecule has 17 heavy (non-hydrogen) atoms. The molecule has 0 aromatic carbocycles. The Morgan fingerprint density at radius 1 is 1.47 bits per heavy atom. The van der Waals surface area contributed by atoms with Crippen LogP contribution in [0, 0.1) is 12.8 Å². The van der Waals surface area contributed by atoms with Crippen LogP contribution in [0.3, 0.4) is 0 Å². The molecule has 0 spiro atoms. The van der Waals surface area contributed by atoms with Gasteiger partial charge in [-0.2, -0.15) is 0 Å². The van der Waals surface area contributed by atoms with E-state index in [9.17, 15) is 0 Å². The lowest BCUT2D eigenvalue weighted by Crippen LogP contribution is -2.40. The molecule has 0 fully saturated rings. The number of pyridine rings is 1. The maximum atomic E-state index is 9.13. The molecule has 4 N–H and O–H groups in total. The first-order valence-electron chi connectivity index (χ1n) is 6.07. The smallest absolute Gasteiger partial charge is 0.0471 e. The highest BCUT2D eigenvalue weighted by molar-refractivity contribution is 5.25. The summed E-state index contributed by atoms with van der Waals surface area (Å²) < 4.78 is 0. The molecule has 0 aliphatic carbocycles. The molecule has 0 bridgehead atoms. The number of aryl methyl sites for hydroxylation is 1. The van der Waals surface area contributed by atoms with Crippen molar-refractivity contribution in [2.45, 2.75) is 32.9 Å². The van der Waals surface area contributed by atoms with Gasteiger partial charge in [-0.1, -0.05) is 6.92 Å². The normalized spacial score (nSPS) is 16.5. The third kappa shape index (κ3) is 3.77. The summed E-state index contributed by atoms with van der Waals surface area (Å²) in [4.78, 5) is 4.14. The number of hydrogen-bond donors (Lipinski definition) is 3. The highest BCUT2D eigenvalue weighted by Gasteiger charge is 2.18. The molecule has 1 aromatic heterocycles. The highest BCUT2D eigenvalue weighted by atomic mass is 16.3. The number of nitrogens with zero attached hydrogens (tertiary/aromatic N) is 1. The number of nitrogens with two attached hydrogens (primary N) is 1. The first-order valence-corrected chi connectivity index (χ1v) is 6.07. The summed E-state index contributed by atoms with van der Waals surface area (Å²) in [6.45, 7) is 6.84. The van der Waals surface area contributed by atoms with Crippen molar-refractivity contribution in [2.24, 2.45) is 11.7 Å². The SMILES string of the molecule is Cc1ccncc1C(CN)NC(C)C(C)CO. The molecule has 1 aromatic rings. The molecule has 96 valence electrons. The van der Waals surface area contributed by atoms with Crippen LogP contribution in [0.15, 0.2) is 18.5 Å². The Bertz CT molecular complexity index is 343. The van der Waals surface area contributed by atoms with Crippen LogP contribution in [-0.2, 0) is 0 Å². The summed E-state index contributed by atoms with van der Waals surface area (Å²) in [6.07, 6.45) is 3.64. The molecule has 1 heterocycles. The van der Waals surface area contributed by atoms with E-state index in [2.05, 4.69) is 24.1 Å². The van der Waals surface area contributed by atoms with Crippen molar-refractivity contribution >= 4 is 0 Å². The van der Waals surface area contributed by atoms with Crippen LogP contribution in [0.2, 0.25) is 0 Å². The number of aliphatic hydroxyl groups is 1. The van der Waals surface area contributed by atoms with Crippen molar-refractivity contribution in [3.8, 4) is 0 Å². The second kappa shape index (κ2) is 6.69. The molecule has 0 amide bonds. The summed E-state index contributed by atoms with van der Waals surface area (Å²) >= 11 is 0. The quantitative estimate of drug-likeness (QED) is 0.690. The minimum atomic E-state index is 0.0905. The monoisotopic (exact) mass is 237 g/mol. The first-order chi connectivity index (χ1) is 8.10. The van der Waals surface area contributed by atoms with Crippen LogP contribution in [0.25, 0.3) is 0 Å². The van der Waals surface area contributed by atoms with E-state index >= 15 is 0 Å². The van der Waals surface area contributed by atoms with Gasteiger partial charge in [-0.05, 0) is 37.0 Å². The van der Waals surface area contributed by atoms with Crippen LogP contribution in [0.4, 0.5) is 0 Å². The van der Waals surface area contributed by atoms with Crippen molar-refractivity contribution in [1.82, 2.24) is 10.3 Å². The van der Waals surface area contributed by atoms with Crippen LogP contribution < -0.4 is 11.1 Å². The van der Waals surface area contributed by atoms with Gasteiger partial charge >= 0.3 is 0 Å². The molecule has 0 aliphatic rings. The van der Waals surface area contributed by atoms with Gasteiger partial charge in [0, 0.05) is 37.6 Å². The zero-order chi connectivity index (χ0) is 12.8. The van der Waals surface area contributed by atoms with E-state index in [0.717, 1.165) is 5.56 Å². The Hall–Kier alpha value is -0.970.